The molecule has 0 aliphatic rings. The summed E-state index contributed by atoms with van der Waals surface area (Å²) < 4.78 is 28.4. The van der Waals surface area contributed by atoms with Gasteiger partial charge in [-0.3, -0.25) is 0 Å². The van der Waals surface area contributed by atoms with E-state index in [1.54, 1.807) is 0 Å². The van der Waals surface area contributed by atoms with Gasteiger partial charge in [0.2, 0.25) is 0 Å². The zero-order valence-electron chi connectivity index (χ0n) is 9.98. The van der Waals surface area contributed by atoms with Crippen LogP contribution in [-0.2, 0) is 6.54 Å². The average molecular weight is 259 g/mol. The topological polar surface area (TPSA) is 29.3 Å². The van der Waals surface area contributed by atoms with Crippen molar-refractivity contribution in [3.63, 3.8) is 0 Å². The molecule has 0 radical (unpaired) electrons. The molecule has 0 atom stereocenters. The van der Waals surface area contributed by atoms with E-state index in [0.29, 0.717) is 6.54 Å². The molecule has 0 aliphatic carbocycles. The fourth-order valence-electron chi connectivity index (χ4n) is 1.90. The zero-order chi connectivity index (χ0) is 13.2. The van der Waals surface area contributed by atoms with E-state index in [2.05, 4.69) is 10.3 Å². The highest BCUT2D eigenvalue weighted by molar-refractivity contribution is 5.46. The maximum absolute atomic E-state index is 13.4. The van der Waals surface area contributed by atoms with Crippen LogP contribution in [0.5, 0.6) is 0 Å². The SMILES string of the molecule is Fc1cccc(NCc2cn3ccccc3n2)c1F. The summed E-state index contributed by atoms with van der Waals surface area (Å²) in [5, 5.41) is 2.84. The summed E-state index contributed by atoms with van der Waals surface area (Å²) in [6, 6.07) is 9.72. The molecule has 0 saturated carbocycles. The Morgan fingerprint density at radius 2 is 2.00 bits per heavy atom. The Bertz CT molecular complexity index is 689. The van der Waals surface area contributed by atoms with Gasteiger partial charge in [-0.25, -0.2) is 13.8 Å². The van der Waals surface area contributed by atoms with Crippen molar-refractivity contribution in [2.45, 2.75) is 6.54 Å². The van der Waals surface area contributed by atoms with Gasteiger partial charge in [-0.15, -0.1) is 0 Å². The van der Waals surface area contributed by atoms with Crippen molar-refractivity contribution in [2.24, 2.45) is 0 Å². The van der Waals surface area contributed by atoms with E-state index in [4.69, 9.17) is 0 Å². The Labute approximate surface area is 108 Å². The van der Waals surface area contributed by atoms with Crippen LogP contribution < -0.4 is 5.32 Å². The molecule has 96 valence electrons. The van der Waals surface area contributed by atoms with E-state index in [-0.39, 0.29) is 5.69 Å². The first-order chi connectivity index (χ1) is 9.24. The van der Waals surface area contributed by atoms with Crippen molar-refractivity contribution in [3.05, 3.63) is 66.1 Å². The molecule has 2 aromatic heterocycles. The van der Waals surface area contributed by atoms with Crippen LogP contribution in [0.2, 0.25) is 0 Å². The van der Waals surface area contributed by atoms with E-state index in [0.717, 1.165) is 17.4 Å². The maximum Gasteiger partial charge on any atom is 0.181 e. The lowest BCUT2D eigenvalue weighted by molar-refractivity contribution is 0.511. The molecule has 5 heteroatoms. The first-order valence-electron chi connectivity index (χ1n) is 5.84. The lowest BCUT2D eigenvalue weighted by Gasteiger charge is -2.05. The molecule has 3 rings (SSSR count). The van der Waals surface area contributed by atoms with Gasteiger partial charge >= 0.3 is 0 Å². The average Bonchev–Trinajstić information content (AvgIpc) is 2.83. The minimum atomic E-state index is -0.869. The Morgan fingerprint density at radius 3 is 2.84 bits per heavy atom. The normalized spacial score (nSPS) is 10.8. The molecule has 0 bridgehead atoms. The number of halogens is 2. The molecular weight excluding hydrogens is 248 g/mol. The molecule has 3 nitrogen and oxygen atoms in total. The second-order valence-electron chi connectivity index (χ2n) is 4.15. The van der Waals surface area contributed by atoms with E-state index in [1.165, 1.54) is 12.1 Å². The molecule has 0 spiro atoms. The van der Waals surface area contributed by atoms with Crippen molar-refractivity contribution in [2.75, 3.05) is 5.32 Å². The van der Waals surface area contributed by atoms with Crippen LogP contribution in [0.4, 0.5) is 14.5 Å². The molecule has 1 aromatic carbocycles. The minimum absolute atomic E-state index is 0.136. The molecule has 0 saturated heterocycles. The highest BCUT2D eigenvalue weighted by atomic mass is 19.2. The number of aromatic nitrogens is 2. The van der Waals surface area contributed by atoms with Crippen molar-refractivity contribution < 1.29 is 8.78 Å². The van der Waals surface area contributed by atoms with E-state index >= 15 is 0 Å². The van der Waals surface area contributed by atoms with Gasteiger partial charge in [0.05, 0.1) is 17.9 Å². The van der Waals surface area contributed by atoms with Crippen LogP contribution in [-0.4, -0.2) is 9.38 Å². The number of nitrogens with one attached hydrogen (secondary N) is 1. The van der Waals surface area contributed by atoms with Gasteiger partial charge in [-0.2, -0.15) is 0 Å². The number of hydrogen-bond acceptors (Lipinski definition) is 2. The lowest BCUT2D eigenvalue weighted by Crippen LogP contribution is -2.02. The first kappa shape index (κ1) is 11.6. The Balaban J connectivity index is 1.80. The molecule has 2 heterocycles. The molecule has 19 heavy (non-hydrogen) atoms. The van der Waals surface area contributed by atoms with Crippen LogP contribution >= 0.6 is 0 Å². The molecule has 0 amide bonds. The van der Waals surface area contributed by atoms with Crippen molar-refractivity contribution in [1.29, 1.82) is 0 Å². The predicted octanol–water partition coefficient (Wildman–Crippen LogP) is 3.22. The third kappa shape index (κ3) is 2.27. The second kappa shape index (κ2) is 4.68. The third-order valence-electron chi connectivity index (χ3n) is 2.83. The second-order valence-corrected chi connectivity index (χ2v) is 4.15. The van der Waals surface area contributed by atoms with E-state index in [9.17, 15) is 8.78 Å². The highest BCUT2D eigenvalue weighted by Gasteiger charge is 2.07. The number of imidazole rings is 1. The fourth-order valence-corrected chi connectivity index (χ4v) is 1.90. The smallest absolute Gasteiger partial charge is 0.181 e. The number of anilines is 1. The van der Waals surface area contributed by atoms with Crippen LogP contribution in [0, 0.1) is 11.6 Å². The number of pyridine rings is 1. The Morgan fingerprint density at radius 1 is 1.11 bits per heavy atom. The van der Waals surface area contributed by atoms with Gasteiger partial charge in [0.25, 0.3) is 0 Å². The molecule has 0 unspecified atom stereocenters. The Hall–Kier alpha value is -2.43. The quantitative estimate of drug-likeness (QED) is 0.782. The summed E-state index contributed by atoms with van der Waals surface area (Å²) in [6.45, 7) is 0.335. The molecule has 1 N–H and O–H groups in total. The van der Waals surface area contributed by atoms with Gasteiger partial charge in [0.1, 0.15) is 5.65 Å². The summed E-state index contributed by atoms with van der Waals surface area (Å²) >= 11 is 0. The van der Waals surface area contributed by atoms with Crippen LogP contribution in [0.3, 0.4) is 0 Å². The minimum Gasteiger partial charge on any atom is -0.377 e. The fraction of sp³-hybridized carbons (Fsp3) is 0.0714. The molecular formula is C14H11F2N3. The van der Waals surface area contributed by atoms with Crippen molar-refractivity contribution in [3.8, 4) is 0 Å². The van der Waals surface area contributed by atoms with Crippen molar-refractivity contribution >= 4 is 11.3 Å². The van der Waals surface area contributed by atoms with Gasteiger partial charge in [0.15, 0.2) is 11.6 Å². The van der Waals surface area contributed by atoms with Gasteiger partial charge < -0.3 is 9.72 Å². The monoisotopic (exact) mass is 259 g/mol. The van der Waals surface area contributed by atoms with Gasteiger partial charge in [0, 0.05) is 12.4 Å². The first-order valence-corrected chi connectivity index (χ1v) is 5.84. The third-order valence-corrected chi connectivity index (χ3v) is 2.83. The van der Waals surface area contributed by atoms with Crippen LogP contribution in [0.1, 0.15) is 5.69 Å². The molecule has 0 fully saturated rings. The number of rotatable bonds is 3. The summed E-state index contributed by atoms with van der Waals surface area (Å²) in [6.07, 6.45) is 3.73. The van der Waals surface area contributed by atoms with Crippen molar-refractivity contribution in [1.82, 2.24) is 9.38 Å². The number of benzene rings is 1. The zero-order valence-corrected chi connectivity index (χ0v) is 9.98. The largest absolute Gasteiger partial charge is 0.377 e. The highest BCUT2D eigenvalue weighted by Crippen LogP contribution is 2.17. The lowest BCUT2D eigenvalue weighted by atomic mass is 10.3. The number of fused-ring (bicyclic) bond motifs is 1. The van der Waals surface area contributed by atoms with Crippen LogP contribution in [0.25, 0.3) is 5.65 Å². The summed E-state index contributed by atoms with van der Waals surface area (Å²) in [5.41, 5.74) is 1.71. The maximum atomic E-state index is 13.4. The predicted molar refractivity (Wildman–Crippen MR) is 68.9 cm³/mol. The Kier molecular flexibility index (Phi) is 2.87. The molecule has 0 aliphatic heterocycles. The van der Waals surface area contributed by atoms with E-state index in [1.807, 2.05) is 35.0 Å². The van der Waals surface area contributed by atoms with E-state index < -0.39 is 11.6 Å². The summed E-state index contributed by atoms with van der Waals surface area (Å²) in [4.78, 5) is 4.36. The summed E-state index contributed by atoms with van der Waals surface area (Å²) in [7, 11) is 0. The number of hydrogen-bond donors (Lipinski definition) is 1. The van der Waals surface area contributed by atoms with Gasteiger partial charge in [-0.1, -0.05) is 12.1 Å². The number of nitrogens with zero attached hydrogens (tertiary/aromatic N) is 2. The standard InChI is InChI=1S/C14H11F2N3/c15-11-4-3-5-12(14(11)16)17-8-10-9-19-7-2-1-6-13(19)18-10/h1-7,9,17H,8H2. The molecule has 3 aromatic rings. The summed E-state index contributed by atoms with van der Waals surface area (Å²) in [5.74, 6) is -1.73. The van der Waals surface area contributed by atoms with Gasteiger partial charge in [-0.05, 0) is 24.3 Å². The van der Waals surface area contributed by atoms with Crippen LogP contribution in [0.15, 0.2) is 48.8 Å².